The van der Waals surface area contributed by atoms with Gasteiger partial charge in [0, 0.05) is 0 Å². The lowest BCUT2D eigenvalue weighted by Crippen LogP contribution is -1.97. The molecule has 2 rings (SSSR count). The Labute approximate surface area is 94.9 Å². The van der Waals surface area contributed by atoms with Crippen molar-refractivity contribution in [1.29, 1.82) is 0 Å². The van der Waals surface area contributed by atoms with Crippen LogP contribution < -0.4 is 4.74 Å². The van der Waals surface area contributed by atoms with Gasteiger partial charge >= 0.3 is 0 Å². The van der Waals surface area contributed by atoms with Gasteiger partial charge in [-0.05, 0) is 12.1 Å². The van der Waals surface area contributed by atoms with Crippen LogP contribution in [0.15, 0.2) is 24.5 Å². The van der Waals surface area contributed by atoms with E-state index in [0.29, 0.717) is 5.75 Å². The fraction of sp³-hybridized carbons (Fsp3) is 0.0909. The van der Waals surface area contributed by atoms with E-state index in [2.05, 4.69) is 9.97 Å². The summed E-state index contributed by atoms with van der Waals surface area (Å²) in [6, 6.07) is 1.90. The van der Waals surface area contributed by atoms with Gasteiger partial charge in [0.15, 0.2) is 29.0 Å². The summed E-state index contributed by atoms with van der Waals surface area (Å²) < 4.78 is 43.9. The molecule has 17 heavy (non-hydrogen) atoms. The van der Waals surface area contributed by atoms with Crippen molar-refractivity contribution in [2.24, 2.45) is 0 Å². The number of hydrogen-bond donors (Lipinski definition) is 0. The van der Waals surface area contributed by atoms with Crippen LogP contribution in [0, 0.1) is 17.5 Å². The van der Waals surface area contributed by atoms with Crippen molar-refractivity contribution >= 4 is 0 Å². The summed E-state index contributed by atoms with van der Waals surface area (Å²) in [7, 11) is 1.43. The number of aromatic nitrogens is 2. The van der Waals surface area contributed by atoms with Crippen LogP contribution >= 0.6 is 0 Å². The Morgan fingerprint density at radius 2 is 1.65 bits per heavy atom. The third-order valence-electron chi connectivity index (χ3n) is 2.14. The number of methoxy groups -OCH3 is 1. The Balaban J connectivity index is 2.49. The van der Waals surface area contributed by atoms with Crippen molar-refractivity contribution in [2.75, 3.05) is 7.11 Å². The van der Waals surface area contributed by atoms with Crippen molar-refractivity contribution in [2.45, 2.75) is 0 Å². The molecule has 0 aliphatic rings. The van der Waals surface area contributed by atoms with E-state index in [0.717, 1.165) is 12.1 Å². The molecule has 0 aliphatic heterocycles. The molecule has 0 saturated heterocycles. The normalized spacial score (nSPS) is 10.4. The van der Waals surface area contributed by atoms with E-state index < -0.39 is 17.5 Å². The first-order valence-electron chi connectivity index (χ1n) is 4.63. The van der Waals surface area contributed by atoms with Gasteiger partial charge in [0.05, 0.1) is 25.1 Å². The first kappa shape index (κ1) is 11.4. The van der Waals surface area contributed by atoms with Crippen molar-refractivity contribution < 1.29 is 17.9 Å². The fourth-order valence-corrected chi connectivity index (χ4v) is 1.26. The first-order valence-corrected chi connectivity index (χ1v) is 4.63. The molecule has 1 aromatic carbocycles. The van der Waals surface area contributed by atoms with Gasteiger partial charge in [-0.15, -0.1) is 0 Å². The van der Waals surface area contributed by atoms with Gasteiger partial charge < -0.3 is 4.74 Å². The molecule has 0 spiro atoms. The van der Waals surface area contributed by atoms with Gasteiger partial charge in [-0.1, -0.05) is 0 Å². The molecule has 0 aliphatic carbocycles. The molecule has 1 heterocycles. The van der Waals surface area contributed by atoms with Crippen LogP contribution in [0.1, 0.15) is 0 Å². The highest BCUT2D eigenvalue weighted by Gasteiger charge is 2.16. The number of nitrogens with zero attached hydrogens (tertiary/aromatic N) is 2. The number of halogens is 3. The summed E-state index contributed by atoms with van der Waals surface area (Å²) in [4.78, 5) is 7.57. The van der Waals surface area contributed by atoms with Crippen molar-refractivity contribution in [1.82, 2.24) is 9.97 Å². The molecule has 0 bridgehead atoms. The summed E-state index contributed by atoms with van der Waals surface area (Å²) in [6.45, 7) is 0. The maximum Gasteiger partial charge on any atom is 0.195 e. The van der Waals surface area contributed by atoms with Gasteiger partial charge in [-0.2, -0.15) is 0 Å². The lowest BCUT2D eigenvalue weighted by molar-refractivity contribution is 0.410. The van der Waals surface area contributed by atoms with E-state index in [1.807, 2.05) is 0 Å². The third-order valence-corrected chi connectivity index (χ3v) is 2.14. The molecule has 88 valence electrons. The van der Waals surface area contributed by atoms with Crippen LogP contribution in [0.25, 0.3) is 11.4 Å². The topological polar surface area (TPSA) is 35.0 Å². The zero-order chi connectivity index (χ0) is 12.4. The molecular formula is C11H7F3N2O. The maximum atomic E-state index is 13.4. The molecule has 6 heteroatoms. The van der Waals surface area contributed by atoms with E-state index in [1.165, 1.54) is 19.5 Å². The van der Waals surface area contributed by atoms with Crippen LogP contribution in [0.3, 0.4) is 0 Å². The van der Waals surface area contributed by atoms with Gasteiger partial charge in [0.2, 0.25) is 0 Å². The Morgan fingerprint density at radius 1 is 1.00 bits per heavy atom. The fourth-order valence-electron chi connectivity index (χ4n) is 1.26. The van der Waals surface area contributed by atoms with E-state index in [9.17, 15) is 13.2 Å². The highest BCUT2D eigenvalue weighted by molar-refractivity contribution is 5.56. The lowest BCUT2D eigenvalue weighted by atomic mass is 10.2. The van der Waals surface area contributed by atoms with E-state index in [-0.39, 0.29) is 11.4 Å². The minimum absolute atomic E-state index is 0.0396. The molecular weight excluding hydrogens is 233 g/mol. The van der Waals surface area contributed by atoms with Crippen molar-refractivity contribution in [3.05, 3.63) is 42.0 Å². The lowest BCUT2D eigenvalue weighted by Gasteiger charge is -2.04. The van der Waals surface area contributed by atoms with E-state index >= 15 is 0 Å². The maximum absolute atomic E-state index is 13.4. The van der Waals surface area contributed by atoms with Crippen molar-refractivity contribution in [3.63, 3.8) is 0 Å². The second-order valence-corrected chi connectivity index (χ2v) is 3.17. The minimum atomic E-state index is -1.54. The predicted molar refractivity (Wildman–Crippen MR) is 53.9 cm³/mol. The monoisotopic (exact) mass is 240 g/mol. The summed E-state index contributed by atoms with van der Waals surface area (Å²) in [5.74, 6) is -3.75. The molecule has 0 N–H and O–H groups in total. The Bertz CT molecular complexity index is 543. The quantitative estimate of drug-likeness (QED) is 0.757. The molecule has 0 amide bonds. The van der Waals surface area contributed by atoms with E-state index in [4.69, 9.17) is 4.74 Å². The SMILES string of the molecule is COc1cnc(-c2ccc(F)c(F)c2F)nc1. The molecule has 0 fully saturated rings. The molecule has 0 unspecified atom stereocenters. The second-order valence-electron chi connectivity index (χ2n) is 3.17. The number of rotatable bonds is 2. The molecule has 1 aromatic heterocycles. The van der Waals surface area contributed by atoms with Crippen LogP contribution in [0.4, 0.5) is 13.2 Å². The average molecular weight is 240 g/mol. The number of benzene rings is 1. The highest BCUT2D eigenvalue weighted by Crippen LogP contribution is 2.23. The summed E-state index contributed by atoms with van der Waals surface area (Å²) in [5.41, 5.74) is -0.202. The smallest absolute Gasteiger partial charge is 0.195 e. The van der Waals surface area contributed by atoms with Crippen molar-refractivity contribution in [3.8, 4) is 17.1 Å². The zero-order valence-electron chi connectivity index (χ0n) is 8.75. The standard InChI is InChI=1S/C11H7F3N2O/c1-17-6-4-15-11(16-5-6)7-2-3-8(12)10(14)9(7)13/h2-5H,1H3. The average Bonchev–Trinajstić information content (AvgIpc) is 2.36. The first-order chi connectivity index (χ1) is 8.13. The Hall–Kier alpha value is -2.11. The largest absolute Gasteiger partial charge is 0.494 e. The van der Waals surface area contributed by atoms with Gasteiger partial charge in [0.1, 0.15) is 0 Å². The van der Waals surface area contributed by atoms with Crippen LogP contribution in [-0.2, 0) is 0 Å². The molecule has 2 aromatic rings. The highest BCUT2D eigenvalue weighted by atomic mass is 19.2. The second kappa shape index (κ2) is 4.40. The van der Waals surface area contributed by atoms with Crippen LogP contribution in [-0.4, -0.2) is 17.1 Å². The number of ether oxygens (including phenoxy) is 1. The molecule has 0 atom stereocenters. The predicted octanol–water partition coefficient (Wildman–Crippen LogP) is 2.57. The summed E-state index contributed by atoms with van der Waals surface area (Å²) in [6.07, 6.45) is 2.62. The summed E-state index contributed by atoms with van der Waals surface area (Å²) in [5, 5.41) is 0. The molecule has 0 radical (unpaired) electrons. The Kier molecular flexibility index (Phi) is 2.95. The molecule has 0 saturated carbocycles. The van der Waals surface area contributed by atoms with Gasteiger partial charge in [-0.3, -0.25) is 0 Å². The van der Waals surface area contributed by atoms with E-state index in [1.54, 1.807) is 0 Å². The third kappa shape index (κ3) is 2.06. The Morgan fingerprint density at radius 3 is 2.24 bits per heavy atom. The van der Waals surface area contributed by atoms with Gasteiger partial charge in [-0.25, -0.2) is 23.1 Å². The van der Waals surface area contributed by atoms with Crippen LogP contribution in [0.5, 0.6) is 5.75 Å². The summed E-state index contributed by atoms with van der Waals surface area (Å²) >= 11 is 0. The minimum Gasteiger partial charge on any atom is -0.494 e. The van der Waals surface area contributed by atoms with Gasteiger partial charge in [0.25, 0.3) is 0 Å². The number of hydrogen-bond acceptors (Lipinski definition) is 3. The van der Waals surface area contributed by atoms with Crippen LogP contribution in [0.2, 0.25) is 0 Å². The zero-order valence-corrected chi connectivity index (χ0v) is 8.75. The molecule has 3 nitrogen and oxygen atoms in total.